The Morgan fingerprint density at radius 2 is 1.91 bits per heavy atom. The average Bonchev–Trinajstić information content (AvgIpc) is 2.49. The summed E-state index contributed by atoms with van der Waals surface area (Å²) < 4.78 is 0. The van der Waals surface area contributed by atoms with Crippen molar-refractivity contribution < 1.29 is 14.5 Å². The number of nitrogens with one attached hydrogen (secondary N) is 1. The minimum atomic E-state index is -0.979. The summed E-state index contributed by atoms with van der Waals surface area (Å²) in [5.41, 5.74) is 1.09. The molecule has 1 atom stereocenters. The first kappa shape index (κ1) is 14.5. The molecule has 1 N–H and O–H groups in total. The number of carbonyl (C=O) groups excluding carboxylic acids is 2. The summed E-state index contributed by atoms with van der Waals surface area (Å²) in [7, 11) is 0. The monoisotopic (exact) mass is 318 g/mol. The van der Waals surface area contributed by atoms with Crippen LogP contribution >= 0.6 is 11.6 Å². The SMILES string of the molecule is O=C1NC(=O)c2cc(C(CCCl)[N+](=O)[O-])cc3cccc1c23. The Labute approximate surface area is 130 Å². The van der Waals surface area contributed by atoms with E-state index in [9.17, 15) is 19.7 Å². The highest BCUT2D eigenvalue weighted by Gasteiger charge is 2.29. The molecule has 2 amide bonds. The molecule has 22 heavy (non-hydrogen) atoms. The summed E-state index contributed by atoms with van der Waals surface area (Å²) in [6, 6.07) is 7.18. The molecule has 3 rings (SSSR count). The van der Waals surface area contributed by atoms with Crippen LogP contribution in [0.15, 0.2) is 30.3 Å². The van der Waals surface area contributed by atoms with Crippen molar-refractivity contribution in [1.29, 1.82) is 0 Å². The van der Waals surface area contributed by atoms with Crippen LogP contribution in [0.5, 0.6) is 0 Å². The van der Waals surface area contributed by atoms with Crippen molar-refractivity contribution in [2.24, 2.45) is 0 Å². The maximum absolute atomic E-state index is 12.1. The van der Waals surface area contributed by atoms with Crippen LogP contribution in [0.25, 0.3) is 10.8 Å². The highest BCUT2D eigenvalue weighted by atomic mass is 35.5. The molecule has 2 aromatic carbocycles. The number of alkyl halides is 1. The molecule has 6 nitrogen and oxygen atoms in total. The molecule has 1 unspecified atom stereocenters. The Morgan fingerprint density at radius 1 is 1.18 bits per heavy atom. The quantitative estimate of drug-likeness (QED) is 0.406. The zero-order chi connectivity index (χ0) is 15.9. The molecule has 0 aromatic heterocycles. The fraction of sp³-hybridized carbons (Fsp3) is 0.200. The number of hydrogen-bond donors (Lipinski definition) is 1. The molecule has 0 spiro atoms. The van der Waals surface area contributed by atoms with Gasteiger partial charge in [-0.2, -0.15) is 0 Å². The van der Waals surface area contributed by atoms with Gasteiger partial charge in [0, 0.05) is 39.3 Å². The number of amides is 2. The molecule has 0 saturated carbocycles. The Kier molecular flexibility index (Phi) is 3.54. The van der Waals surface area contributed by atoms with Crippen LogP contribution < -0.4 is 5.32 Å². The van der Waals surface area contributed by atoms with Crippen LogP contribution in [-0.2, 0) is 0 Å². The maximum Gasteiger partial charge on any atom is 0.258 e. The molecule has 1 aliphatic heterocycles. The number of hydrogen-bond acceptors (Lipinski definition) is 4. The predicted molar refractivity (Wildman–Crippen MR) is 80.8 cm³/mol. The van der Waals surface area contributed by atoms with Gasteiger partial charge >= 0.3 is 0 Å². The molecular weight excluding hydrogens is 308 g/mol. The Bertz CT molecular complexity index is 819. The number of benzene rings is 2. The number of halogens is 1. The van der Waals surface area contributed by atoms with Crippen molar-refractivity contribution in [2.75, 3.05) is 5.88 Å². The molecule has 7 heteroatoms. The van der Waals surface area contributed by atoms with Crippen LogP contribution in [0.4, 0.5) is 0 Å². The second kappa shape index (κ2) is 5.38. The van der Waals surface area contributed by atoms with E-state index in [1.165, 1.54) is 6.07 Å². The van der Waals surface area contributed by atoms with Gasteiger partial charge in [-0.3, -0.25) is 25.0 Å². The Balaban J connectivity index is 2.27. The van der Waals surface area contributed by atoms with E-state index in [4.69, 9.17) is 11.6 Å². The second-order valence-electron chi connectivity index (χ2n) is 5.03. The summed E-state index contributed by atoms with van der Waals surface area (Å²) in [6.45, 7) is 0. The van der Waals surface area contributed by atoms with Crippen molar-refractivity contribution >= 4 is 34.2 Å². The zero-order valence-electron chi connectivity index (χ0n) is 11.3. The average molecular weight is 319 g/mol. The molecule has 112 valence electrons. The van der Waals surface area contributed by atoms with Crippen molar-refractivity contribution in [2.45, 2.75) is 12.5 Å². The van der Waals surface area contributed by atoms with Crippen LogP contribution in [0, 0.1) is 10.1 Å². The molecule has 0 saturated heterocycles. The summed E-state index contributed by atoms with van der Waals surface area (Å²) >= 11 is 5.64. The fourth-order valence-corrected chi connectivity index (χ4v) is 2.95. The van der Waals surface area contributed by atoms with Gasteiger partial charge in [0.05, 0.1) is 0 Å². The van der Waals surface area contributed by atoms with E-state index < -0.39 is 22.8 Å². The molecular formula is C15H11ClN2O4. The summed E-state index contributed by atoms with van der Waals surface area (Å²) in [4.78, 5) is 34.7. The van der Waals surface area contributed by atoms with Gasteiger partial charge in [-0.15, -0.1) is 11.6 Å². The third kappa shape index (κ3) is 2.21. The largest absolute Gasteiger partial charge is 0.288 e. The van der Waals surface area contributed by atoms with E-state index in [-0.39, 0.29) is 17.9 Å². The fourth-order valence-electron chi connectivity index (χ4n) is 2.75. The number of imide groups is 1. The Hall–Kier alpha value is -2.47. The summed E-state index contributed by atoms with van der Waals surface area (Å²) in [5.74, 6) is -0.852. The van der Waals surface area contributed by atoms with Crippen LogP contribution in [0.1, 0.15) is 38.7 Å². The first-order chi connectivity index (χ1) is 10.5. The molecule has 0 radical (unpaired) electrons. The van der Waals surface area contributed by atoms with Gasteiger partial charge in [0.15, 0.2) is 0 Å². The first-order valence-electron chi connectivity index (χ1n) is 6.64. The van der Waals surface area contributed by atoms with Crippen molar-refractivity contribution in [3.63, 3.8) is 0 Å². The van der Waals surface area contributed by atoms with E-state index in [0.717, 1.165) is 0 Å². The van der Waals surface area contributed by atoms with Gasteiger partial charge in [0.2, 0.25) is 6.04 Å². The lowest BCUT2D eigenvalue weighted by molar-refractivity contribution is -0.529. The molecule has 0 bridgehead atoms. The standard InChI is InChI=1S/C15H11ClN2O4/c16-5-4-12(18(21)22)9-6-8-2-1-3-10-13(8)11(7-9)15(20)17-14(10)19/h1-3,6-7,12H,4-5H2,(H,17,19,20). The van der Waals surface area contributed by atoms with Crippen molar-refractivity contribution in [3.8, 4) is 0 Å². The van der Waals surface area contributed by atoms with E-state index in [1.807, 2.05) is 0 Å². The Morgan fingerprint density at radius 3 is 2.59 bits per heavy atom. The zero-order valence-corrected chi connectivity index (χ0v) is 12.1. The predicted octanol–water partition coefficient (Wildman–Crippen LogP) is 2.67. The normalized spacial score (nSPS) is 14.8. The number of nitro groups is 1. The van der Waals surface area contributed by atoms with E-state index >= 15 is 0 Å². The van der Waals surface area contributed by atoms with Gasteiger partial charge in [-0.05, 0) is 23.6 Å². The van der Waals surface area contributed by atoms with E-state index in [0.29, 0.717) is 21.9 Å². The highest BCUT2D eigenvalue weighted by molar-refractivity contribution is 6.25. The van der Waals surface area contributed by atoms with E-state index in [2.05, 4.69) is 5.32 Å². The summed E-state index contributed by atoms with van der Waals surface area (Å²) in [5, 5.41) is 14.7. The lowest BCUT2D eigenvalue weighted by Gasteiger charge is -2.18. The molecule has 0 aliphatic carbocycles. The van der Waals surface area contributed by atoms with Crippen molar-refractivity contribution in [3.05, 3.63) is 57.1 Å². The van der Waals surface area contributed by atoms with Gasteiger partial charge in [-0.1, -0.05) is 12.1 Å². The lowest BCUT2D eigenvalue weighted by Crippen LogP contribution is -2.34. The smallest absolute Gasteiger partial charge is 0.258 e. The number of nitrogens with zero attached hydrogens (tertiary/aromatic N) is 1. The number of carbonyl (C=O) groups is 2. The minimum Gasteiger partial charge on any atom is -0.288 e. The van der Waals surface area contributed by atoms with Crippen LogP contribution in [-0.4, -0.2) is 22.6 Å². The number of rotatable bonds is 4. The van der Waals surface area contributed by atoms with Gasteiger partial charge < -0.3 is 0 Å². The maximum atomic E-state index is 12.1. The second-order valence-corrected chi connectivity index (χ2v) is 5.41. The molecule has 1 aliphatic rings. The molecule has 0 fully saturated rings. The molecule has 2 aromatic rings. The molecule has 1 heterocycles. The third-order valence-corrected chi connectivity index (χ3v) is 3.96. The third-order valence-electron chi connectivity index (χ3n) is 3.74. The first-order valence-corrected chi connectivity index (χ1v) is 7.18. The summed E-state index contributed by atoms with van der Waals surface area (Å²) in [6.07, 6.45) is 0.166. The van der Waals surface area contributed by atoms with Crippen LogP contribution in [0.2, 0.25) is 0 Å². The van der Waals surface area contributed by atoms with Crippen LogP contribution in [0.3, 0.4) is 0 Å². The van der Waals surface area contributed by atoms with Gasteiger partial charge in [-0.25, -0.2) is 0 Å². The van der Waals surface area contributed by atoms with E-state index in [1.54, 1.807) is 24.3 Å². The topological polar surface area (TPSA) is 89.3 Å². The van der Waals surface area contributed by atoms with Gasteiger partial charge in [0.1, 0.15) is 0 Å². The lowest BCUT2D eigenvalue weighted by atomic mass is 9.91. The highest BCUT2D eigenvalue weighted by Crippen LogP contribution is 2.32. The van der Waals surface area contributed by atoms with Crippen molar-refractivity contribution in [1.82, 2.24) is 5.32 Å². The van der Waals surface area contributed by atoms with Gasteiger partial charge in [0.25, 0.3) is 11.8 Å². The minimum absolute atomic E-state index is 0.143.